The van der Waals surface area contributed by atoms with Gasteiger partial charge < -0.3 is 10.6 Å². The first-order chi connectivity index (χ1) is 8.74. The third-order valence-electron chi connectivity index (χ3n) is 3.34. The van der Waals surface area contributed by atoms with E-state index in [1.165, 1.54) is 0 Å². The highest BCUT2D eigenvalue weighted by Crippen LogP contribution is 2.33. The number of carbonyl (C=O) groups is 1. The highest BCUT2D eigenvalue weighted by molar-refractivity contribution is 5.92. The summed E-state index contributed by atoms with van der Waals surface area (Å²) in [6, 6.07) is 4.04. The monoisotopic (exact) mass is 247 g/mol. The highest BCUT2D eigenvalue weighted by atomic mass is 16.2. The van der Waals surface area contributed by atoms with E-state index in [2.05, 4.69) is 29.5 Å². The summed E-state index contributed by atoms with van der Waals surface area (Å²) in [5.41, 5.74) is 1.46. The molecule has 2 rings (SSSR count). The fourth-order valence-electron chi connectivity index (χ4n) is 2.02. The van der Waals surface area contributed by atoms with Crippen molar-refractivity contribution in [3.8, 4) is 0 Å². The van der Waals surface area contributed by atoms with Crippen LogP contribution in [0.2, 0.25) is 0 Å². The maximum atomic E-state index is 11.9. The van der Waals surface area contributed by atoms with Crippen molar-refractivity contribution < 1.29 is 4.79 Å². The third kappa shape index (κ3) is 3.22. The minimum Gasteiger partial charge on any atom is -0.384 e. The molecule has 1 aliphatic carbocycles. The second-order valence-electron chi connectivity index (χ2n) is 4.84. The van der Waals surface area contributed by atoms with Crippen LogP contribution in [0.5, 0.6) is 0 Å². The number of rotatable bonds is 6. The quantitative estimate of drug-likeness (QED) is 0.811. The van der Waals surface area contributed by atoms with Gasteiger partial charge in [0, 0.05) is 12.6 Å². The van der Waals surface area contributed by atoms with Crippen molar-refractivity contribution in [2.24, 2.45) is 5.92 Å². The van der Waals surface area contributed by atoms with Gasteiger partial charge in [0.25, 0.3) is 5.91 Å². The molecule has 0 radical (unpaired) electrons. The molecule has 2 unspecified atom stereocenters. The molecule has 1 amide bonds. The topological polar surface area (TPSA) is 54.0 Å². The fraction of sp³-hybridized carbons (Fsp3) is 0.571. The van der Waals surface area contributed by atoms with E-state index in [-0.39, 0.29) is 5.91 Å². The number of anilines is 1. The van der Waals surface area contributed by atoms with E-state index in [9.17, 15) is 4.79 Å². The molecule has 4 nitrogen and oxygen atoms in total. The van der Waals surface area contributed by atoms with Crippen molar-refractivity contribution >= 4 is 11.6 Å². The van der Waals surface area contributed by atoms with E-state index in [0.717, 1.165) is 31.5 Å². The molecule has 0 saturated heterocycles. The lowest BCUT2D eigenvalue weighted by Crippen LogP contribution is -2.27. The number of hydrogen-bond donors (Lipinski definition) is 2. The van der Waals surface area contributed by atoms with Crippen molar-refractivity contribution in [1.82, 2.24) is 10.3 Å². The van der Waals surface area contributed by atoms with Crippen LogP contribution in [0.15, 0.2) is 18.3 Å². The van der Waals surface area contributed by atoms with Gasteiger partial charge in [-0.15, -0.1) is 0 Å². The third-order valence-corrected chi connectivity index (χ3v) is 3.34. The lowest BCUT2D eigenvalue weighted by Gasteiger charge is -2.06. The van der Waals surface area contributed by atoms with Gasteiger partial charge in [-0.05, 0) is 30.9 Å². The summed E-state index contributed by atoms with van der Waals surface area (Å²) in [4.78, 5) is 16.1. The minimum absolute atomic E-state index is 0.0574. The van der Waals surface area contributed by atoms with Crippen molar-refractivity contribution in [3.63, 3.8) is 0 Å². The number of aromatic nitrogens is 1. The van der Waals surface area contributed by atoms with Crippen LogP contribution < -0.4 is 10.6 Å². The average molecular weight is 247 g/mol. The van der Waals surface area contributed by atoms with E-state index in [1.807, 2.05) is 6.07 Å². The van der Waals surface area contributed by atoms with E-state index in [1.54, 1.807) is 12.3 Å². The summed E-state index contributed by atoms with van der Waals surface area (Å²) in [5, 5.41) is 6.25. The van der Waals surface area contributed by atoms with Gasteiger partial charge in [0.15, 0.2) is 0 Å². The average Bonchev–Trinajstić information content (AvgIpc) is 3.15. The Balaban J connectivity index is 1.86. The van der Waals surface area contributed by atoms with Crippen molar-refractivity contribution in [1.29, 1.82) is 0 Å². The van der Waals surface area contributed by atoms with Crippen LogP contribution in [0.4, 0.5) is 5.69 Å². The SMILES string of the molecule is CCCNc1ccc(C(=O)NC2CC2CC)nc1. The first-order valence-corrected chi connectivity index (χ1v) is 6.75. The molecule has 1 aliphatic rings. The highest BCUT2D eigenvalue weighted by Gasteiger charge is 2.36. The fourth-order valence-corrected chi connectivity index (χ4v) is 2.02. The maximum absolute atomic E-state index is 11.9. The van der Waals surface area contributed by atoms with Gasteiger partial charge in [0.1, 0.15) is 5.69 Å². The van der Waals surface area contributed by atoms with Crippen LogP contribution >= 0.6 is 0 Å². The molecule has 18 heavy (non-hydrogen) atoms. The Morgan fingerprint density at radius 1 is 1.44 bits per heavy atom. The Labute approximate surface area is 108 Å². The molecule has 0 aromatic carbocycles. The van der Waals surface area contributed by atoms with Crippen LogP contribution in [0.3, 0.4) is 0 Å². The van der Waals surface area contributed by atoms with Gasteiger partial charge in [0.05, 0.1) is 11.9 Å². The largest absolute Gasteiger partial charge is 0.384 e. The zero-order valence-electron chi connectivity index (χ0n) is 11.1. The molecule has 1 aromatic rings. The molecule has 2 atom stereocenters. The van der Waals surface area contributed by atoms with Crippen LogP contribution in [-0.2, 0) is 0 Å². The molecule has 98 valence electrons. The van der Waals surface area contributed by atoms with Crippen LogP contribution in [-0.4, -0.2) is 23.5 Å². The predicted molar refractivity (Wildman–Crippen MR) is 72.7 cm³/mol. The van der Waals surface area contributed by atoms with Crippen molar-refractivity contribution in [2.75, 3.05) is 11.9 Å². The van der Waals surface area contributed by atoms with E-state index < -0.39 is 0 Å². The molecule has 1 fully saturated rings. The lowest BCUT2D eigenvalue weighted by molar-refractivity contribution is 0.0944. The number of nitrogens with zero attached hydrogens (tertiary/aromatic N) is 1. The lowest BCUT2D eigenvalue weighted by atomic mass is 10.3. The second kappa shape index (κ2) is 5.85. The molecular formula is C14H21N3O. The first kappa shape index (κ1) is 12.9. The summed E-state index contributed by atoms with van der Waals surface area (Å²) in [5.74, 6) is 0.609. The van der Waals surface area contributed by atoms with Gasteiger partial charge in [0.2, 0.25) is 0 Å². The van der Waals surface area contributed by atoms with Crippen LogP contribution in [0, 0.1) is 5.92 Å². The number of hydrogen-bond acceptors (Lipinski definition) is 3. The molecule has 0 aliphatic heterocycles. The number of nitrogens with one attached hydrogen (secondary N) is 2. The number of amides is 1. The minimum atomic E-state index is -0.0574. The van der Waals surface area contributed by atoms with Gasteiger partial charge >= 0.3 is 0 Å². The molecule has 2 N–H and O–H groups in total. The number of carbonyl (C=O) groups excluding carboxylic acids is 1. The van der Waals surface area contributed by atoms with Gasteiger partial charge in [-0.3, -0.25) is 4.79 Å². The normalized spacial score (nSPS) is 21.4. The van der Waals surface area contributed by atoms with Gasteiger partial charge in [-0.2, -0.15) is 0 Å². The summed E-state index contributed by atoms with van der Waals surface area (Å²) in [6.45, 7) is 5.19. The van der Waals surface area contributed by atoms with E-state index >= 15 is 0 Å². The standard InChI is InChI=1S/C14H21N3O/c1-3-7-15-11-5-6-12(16-9-11)14(18)17-13-8-10(13)4-2/h5-6,9-10,13,15H,3-4,7-8H2,1-2H3,(H,17,18). The van der Waals surface area contributed by atoms with E-state index in [4.69, 9.17) is 0 Å². The summed E-state index contributed by atoms with van der Waals surface area (Å²) in [6.07, 6.45) is 5.04. The van der Waals surface area contributed by atoms with E-state index in [0.29, 0.717) is 17.7 Å². The zero-order chi connectivity index (χ0) is 13.0. The summed E-state index contributed by atoms with van der Waals surface area (Å²) >= 11 is 0. The molecule has 1 heterocycles. The summed E-state index contributed by atoms with van der Waals surface area (Å²) in [7, 11) is 0. The number of pyridine rings is 1. The smallest absolute Gasteiger partial charge is 0.270 e. The molecule has 1 saturated carbocycles. The molecule has 4 heteroatoms. The Bertz CT molecular complexity index is 402. The second-order valence-corrected chi connectivity index (χ2v) is 4.84. The van der Waals surface area contributed by atoms with Crippen molar-refractivity contribution in [3.05, 3.63) is 24.0 Å². The predicted octanol–water partition coefficient (Wildman–Crippen LogP) is 2.43. The molecule has 0 bridgehead atoms. The van der Waals surface area contributed by atoms with Gasteiger partial charge in [-0.25, -0.2) is 4.98 Å². The van der Waals surface area contributed by atoms with Crippen LogP contribution in [0.25, 0.3) is 0 Å². The Kier molecular flexibility index (Phi) is 4.18. The summed E-state index contributed by atoms with van der Waals surface area (Å²) < 4.78 is 0. The molecule has 1 aromatic heterocycles. The maximum Gasteiger partial charge on any atom is 0.270 e. The molecular weight excluding hydrogens is 226 g/mol. The Hall–Kier alpha value is -1.58. The van der Waals surface area contributed by atoms with Gasteiger partial charge in [-0.1, -0.05) is 20.3 Å². The Morgan fingerprint density at radius 2 is 2.28 bits per heavy atom. The first-order valence-electron chi connectivity index (χ1n) is 6.75. The Morgan fingerprint density at radius 3 is 2.83 bits per heavy atom. The van der Waals surface area contributed by atoms with Crippen molar-refractivity contribution in [2.45, 2.75) is 39.2 Å². The van der Waals surface area contributed by atoms with Crippen LogP contribution in [0.1, 0.15) is 43.6 Å². The molecule has 0 spiro atoms. The zero-order valence-corrected chi connectivity index (χ0v) is 11.1.